The summed E-state index contributed by atoms with van der Waals surface area (Å²) in [5, 5.41) is 2.86. The van der Waals surface area contributed by atoms with Gasteiger partial charge in [-0.1, -0.05) is 31.5 Å². The number of benzene rings is 1. The number of aromatic nitrogens is 3. The third-order valence-electron chi connectivity index (χ3n) is 5.02. The second kappa shape index (κ2) is 9.74. The molecule has 10 heteroatoms. The lowest BCUT2D eigenvalue weighted by atomic mass is 10.00. The van der Waals surface area contributed by atoms with Gasteiger partial charge in [-0.2, -0.15) is 13.2 Å². The molecule has 0 saturated heterocycles. The Morgan fingerprint density at radius 2 is 1.91 bits per heavy atom. The Labute approximate surface area is 193 Å². The highest BCUT2D eigenvalue weighted by Crippen LogP contribution is 2.30. The lowest BCUT2D eigenvalue weighted by Crippen LogP contribution is -2.14. The fourth-order valence-corrected chi connectivity index (χ4v) is 3.34. The van der Waals surface area contributed by atoms with Gasteiger partial charge in [0, 0.05) is 29.8 Å². The average molecular weight is 479 g/mol. The summed E-state index contributed by atoms with van der Waals surface area (Å²) in [6.45, 7) is 5.35. The summed E-state index contributed by atoms with van der Waals surface area (Å²) in [5.41, 5.74) is 1.28. The molecule has 174 valence electrons. The number of ketones is 1. The maximum atomic E-state index is 12.8. The number of rotatable bonds is 7. The Bertz CT molecular complexity index is 1170. The summed E-state index contributed by atoms with van der Waals surface area (Å²) in [6, 6.07) is 7.12. The SMILES string of the molecule is Cc1[nH]c(NC(=O)c2cc(CCC(=O)C(C)C)ccc2Cl)nc1-c1ccc(C(F)(F)F)nc1. The minimum atomic E-state index is -4.53. The van der Waals surface area contributed by atoms with Gasteiger partial charge in [0.15, 0.2) is 0 Å². The highest BCUT2D eigenvalue weighted by molar-refractivity contribution is 6.34. The Morgan fingerprint density at radius 1 is 1.18 bits per heavy atom. The van der Waals surface area contributed by atoms with Crippen molar-refractivity contribution in [1.82, 2.24) is 15.0 Å². The van der Waals surface area contributed by atoms with Gasteiger partial charge in [0.05, 0.1) is 16.3 Å². The average Bonchev–Trinajstić information content (AvgIpc) is 3.12. The lowest BCUT2D eigenvalue weighted by molar-refractivity contribution is -0.141. The van der Waals surface area contributed by atoms with Crippen molar-refractivity contribution in [3.63, 3.8) is 0 Å². The van der Waals surface area contributed by atoms with Crippen molar-refractivity contribution >= 4 is 29.2 Å². The van der Waals surface area contributed by atoms with Gasteiger partial charge >= 0.3 is 6.18 Å². The number of nitrogens with one attached hydrogen (secondary N) is 2. The Hall–Kier alpha value is -3.20. The van der Waals surface area contributed by atoms with E-state index in [1.54, 1.807) is 25.1 Å². The molecular formula is C23H22ClF3N4O2. The molecule has 0 aliphatic heterocycles. The van der Waals surface area contributed by atoms with Crippen LogP contribution in [0.15, 0.2) is 36.5 Å². The maximum absolute atomic E-state index is 12.8. The number of nitrogens with zero attached hydrogens (tertiary/aromatic N) is 2. The smallest absolute Gasteiger partial charge is 0.328 e. The molecule has 1 amide bonds. The van der Waals surface area contributed by atoms with E-state index in [0.29, 0.717) is 29.8 Å². The normalized spacial score (nSPS) is 11.6. The van der Waals surface area contributed by atoms with E-state index in [2.05, 4.69) is 20.3 Å². The van der Waals surface area contributed by atoms with Crippen LogP contribution >= 0.6 is 11.6 Å². The molecular weight excluding hydrogens is 457 g/mol. The van der Waals surface area contributed by atoms with Crippen LogP contribution in [0.3, 0.4) is 0 Å². The van der Waals surface area contributed by atoms with Crippen molar-refractivity contribution in [2.75, 3.05) is 5.32 Å². The Balaban J connectivity index is 1.76. The number of alkyl halides is 3. The molecule has 3 aromatic rings. The number of imidazole rings is 1. The van der Waals surface area contributed by atoms with E-state index < -0.39 is 17.8 Å². The summed E-state index contributed by atoms with van der Waals surface area (Å²) in [7, 11) is 0. The van der Waals surface area contributed by atoms with Gasteiger partial charge in [-0.05, 0) is 43.2 Å². The summed E-state index contributed by atoms with van der Waals surface area (Å²) in [6.07, 6.45) is -2.60. The maximum Gasteiger partial charge on any atom is 0.433 e. The van der Waals surface area contributed by atoms with Gasteiger partial charge in [-0.25, -0.2) is 4.98 Å². The van der Waals surface area contributed by atoms with Crippen LogP contribution in [0.5, 0.6) is 0 Å². The number of carbonyl (C=O) groups is 2. The summed E-state index contributed by atoms with van der Waals surface area (Å²) >= 11 is 6.20. The van der Waals surface area contributed by atoms with Crippen molar-refractivity contribution in [1.29, 1.82) is 0 Å². The van der Waals surface area contributed by atoms with Crippen molar-refractivity contribution in [3.8, 4) is 11.3 Å². The molecule has 2 heterocycles. The number of halogens is 4. The van der Waals surface area contributed by atoms with E-state index in [1.165, 1.54) is 6.07 Å². The van der Waals surface area contributed by atoms with Crippen LogP contribution in [-0.2, 0) is 17.4 Å². The largest absolute Gasteiger partial charge is 0.433 e. The van der Waals surface area contributed by atoms with Gasteiger partial charge in [0.25, 0.3) is 5.91 Å². The molecule has 0 bridgehead atoms. The third-order valence-corrected chi connectivity index (χ3v) is 5.35. The summed E-state index contributed by atoms with van der Waals surface area (Å²) in [4.78, 5) is 35.3. The number of pyridine rings is 1. The van der Waals surface area contributed by atoms with E-state index in [9.17, 15) is 22.8 Å². The van der Waals surface area contributed by atoms with Crippen LogP contribution in [0, 0.1) is 12.8 Å². The number of aromatic amines is 1. The van der Waals surface area contributed by atoms with E-state index in [0.717, 1.165) is 17.8 Å². The molecule has 0 aliphatic carbocycles. The zero-order valence-corrected chi connectivity index (χ0v) is 18.9. The Kier molecular flexibility index (Phi) is 7.22. The van der Waals surface area contributed by atoms with Crippen LogP contribution in [0.2, 0.25) is 5.02 Å². The minimum Gasteiger partial charge on any atom is -0.328 e. The predicted molar refractivity (Wildman–Crippen MR) is 119 cm³/mol. The van der Waals surface area contributed by atoms with Gasteiger partial charge in [0.2, 0.25) is 5.95 Å². The number of Topliss-reactive ketones (excluding diaryl/α,β-unsaturated/α-hetero) is 1. The Morgan fingerprint density at radius 3 is 2.52 bits per heavy atom. The molecule has 0 radical (unpaired) electrons. The number of anilines is 1. The van der Waals surface area contributed by atoms with E-state index in [1.807, 2.05) is 13.8 Å². The molecule has 0 aliphatic rings. The van der Waals surface area contributed by atoms with Crippen molar-refractivity contribution in [2.24, 2.45) is 5.92 Å². The first-order chi connectivity index (χ1) is 15.5. The molecule has 33 heavy (non-hydrogen) atoms. The van der Waals surface area contributed by atoms with Crippen molar-refractivity contribution in [2.45, 2.75) is 39.8 Å². The zero-order chi connectivity index (χ0) is 24.3. The van der Waals surface area contributed by atoms with Gasteiger partial charge in [0.1, 0.15) is 11.5 Å². The standard InChI is InChI=1S/C23H22ClF3N4O2/c1-12(2)18(32)8-5-14-4-7-17(24)16(10-14)21(33)31-22-29-13(3)20(30-22)15-6-9-19(28-11-15)23(25,26)27/h4,6-7,9-12H,5,8H2,1-3H3,(H2,29,30,31,33). The van der Waals surface area contributed by atoms with Crippen LogP contribution in [0.4, 0.5) is 19.1 Å². The first-order valence-corrected chi connectivity index (χ1v) is 10.6. The second-order valence-electron chi connectivity index (χ2n) is 7.88. The molecule has 6 nitrogen and oxygen atoms in total. The number of aryl methyl sites for hydroxylation is 2. The highest BCUT2D eigenvalue weighted by atomic mass is 35.5. The minimum absolute atomic E-state index is 0.0590. The number of carbonyl (C=O) groups excluding carboxylic acids is 2. The lowest BCUT2D eigenvalue weighted by Gasteiger charge is -2.08. The molecule has 1 aromatic carbocycles. The molecule has 0 unspecified atom stereocenters. The fourth-order valence-electron chi connectivity index (χ4n) is 3.14. The van der Waals surface area contributed by atoms with Crippen molar-refractivity contribution < 1.29 is 22.8 Å². The van der Waals surface area contributed by atoms with Gasteiger partial charge in [-0.15, -0.1) is 0 Å². The monoisotopic (exact) mass is 478 g/mol. The van der Waals surface area contributed by atoms with Gasteiger partial charge in [-0.3, -0.25) is 19.9 Å². The van der Waals surface area contributed by atoms with Crippen molar-refractivity contribution in [3.05, 3.63) is 64.1 Å². The summed E-state index contributed by atoms with van der Waals surface area (Å²) < 4.78 is 38.2. The first-order valence-electron chi connectivity index (χ1n) is 10.2. The zero-order valence-electron chi connectivity index (χ0n) is 18.2. The predicted octanol–water partition coefficient (Wildman–Crippen LogP) is 5.86. The first kappa shape index (κ1) is 24.4. The van der Waals surface area contributed by atoms with E-state index in [4.69, 9.17) is 11.6 Å². The number of H-pyrrole nitrogens is 1. The molecule has 0 saturated carbocycles. The van der Waals surface area contributed by atoms with Gasteiger partial charge < -0.3 is 4.98 Å². The van der Waals surface area contributed by atoms with Crippen LogP contribution < -0.4 is 5.32 Å². The van der Waals surface area contributed by atoms with E-state index >= 15 is 0 Å². The van der Waals surface area contributed by atoms with Crippen LogP contribution in [0.1, 0.15) is 47.6 Å². The quantitative estimate of drug-likeness (QED) is 0.445. The summed E-state index contributed by atoms with van der Waals surface area (Å²) in [5.74, 6) is -0.324. The van der Waals surface area contributed by atoms with E-state index in [-0.39, 0.29) is 28.2 Å². The molecule has 0 atom stereocenters. The van der Waals surface area contributed by atoms with Crippen LogP contribution in [0.25, 0.3) is 11.3 Å². The highest BCUT2D eigenvalue weighted by Gasteiger charge is 2.32. The second-order valence-corrected chi connectivity index (χ2v) is 8.29. The molecule has 2 aromatic heterocycles. The molecule has 2 N–H and O–H groups in total. The molecule has 0 spiro atoms. The molecule has 0 fully saturated rings. The molecule has 3 rings (SSSR count). The number of amides is 1. The topological polar surface area (TPSA) is 87.7 Å². The fraction of sp³-hybridized carbons (Fsp3) is 0.304. The number of hydrogen-bond donors (Lipinski definition) is 2. The number of hydrogen-bond acceptors (Lipinski definition) is 4. The third kappa shape index (κ3) is 5.98. The van der Waals surface area contributed by atoms with Crippen LogP contribution in [-0.4, -0.2) is 26.6 Å².